The molecule has 0 spiro atoms. The van der Waals surface area contributed by atoms with Crippen LogP contribution in [0.1, 0.15) is 11.4 Å². The van der Waals surface area contributed by atoms with Gasteiger partial charge >= 0.3 is 6.18 Å². The number of hydrogen-bond donors (Lipinski definition) is 1. The Morgan fingerprint density at radius 1 is 1.28 bits per heavy atom. The van der Waals surface area contributed by atoms with Gasteiger partial charge in [0.1, 0.15) is 19.0 Å². The molecule has 0 fully saturated rings. The molecule has 0 aromatic carbocycles. The average molecular weight is 264 g/mol. The molecular formula is C11H15F3N2O2. The molecule has 1 heterocycles. The number of ether oxygens (including phenoxy) is 2. The Hall–Kier alpha value is -1.34. The van der Waals surface area contributed by atoms with Crippen molar-refractivity contribution in [3.63, 3.8) is 0 Å². The highest BCUT2D eigenvalue weighted by atomic mass is 19.4. The molecule has 1 aromatic rings. The first-order chi connectivity index (χ1) is 8.42. The van der Waals surface area contributed by atoms with E-state index in [0.29, 0.717) is 11.4 Å². The van der Waals surface area contributed by atoms with E-state index in [0.717, 1.165) is 5.69 Å². The van der Waals surface area contributed by atoms with Crippen molar-refractivity contribution in [2.45, 2.75) is 19.6 Å². The Bertz CT molecular complexity index is 383. The maximum atomic E-state index is 11.8. The van der Waals surface area contributed by atoms with E-state index in [2.05, 4.69) is 9.72 Å². The van der Waals surface area contributed by atoms with Gasteiger partial charge in [-0.2, -0.15) is 13.2 Å². The smallest absolute Gasteiger partial charge is 0.411 e. The van der Waals surface area contributed by atoms with Crippen LogP contribution in [0, 0.1) is 6.92 Å². The van der Waals surface area contributed by atoms with Crippen LogP contribution < -0.4 is 10.5 Å². The third-order valence-electron chi connectivity index (χ3n) is 2.02. The van der Waals surface area contributed by atoms with E-state index in [1.165, 1.54) is 0 Å². The highest BCUT2D eigenvalue weighted by molar-refractivity contribution is 5.29. The van der Waals surface area contributed by atoms with Crippen LogP contribution in [-0.4, -0.2) is 31.0 Å². The Balaban J connectivity index is 2.35. The van der Waals surface area contributed by atoms with Gasteiger partial charge in [0.25, 0.3) is 0 Å². The van der Waals surface area contributed by atoms with E-state index in [9.17, 15) is 13.2 Å². The molecule has 0 aliphatic rings. The lowest BCUT2D eigenvalue weighted by atomic mass is 10.3. The lowest BCUT2D eigenvalue weighted by Crippen LogP contribution is -2.19. The second-order valence-corrected chi connectivity index (χ2v) is 3.62. The van der Waals surface area contributed by atoms with Crippen molar-refractivity contribution in [3.05, 3.63) is 23.5 Å². The number of hydrogen-bond acceptors (Lipinski definition) is 4. The van der Waals surface area contributed by atoms with Gasteiger partial charge in [-0.25, -0.2) is 0 Å². The molecule has 0 aliphatic heterocycles. The van der Waals surface area contributed by atoms with Gasteiger partial charge in [0.15, 0.2) is 0 Å². The summed E-state index contributed by atoms with van der Waals surface area (Å²) < 4.78 is 45.0. The summed E-state index contributed by atoms with van der Waals surface area (Å²) in [5.41, 5.74) is 6.86. The molecule has 0 bridgehead atoms. The predicted octanol–water partition coefficient (Wildman–Crippen LogP) is 1.81. The van der Waals surface area contributed by atoms with Crippen LogP contribution in [0.2, 0.25) is 0 Å². The summed E-state index contributed by atoms with van der Waals surface area (Å²) in [6, 6.07) is 3.43. The van der Waals surface area contributed by atoms with Crippen molar-refractivity contribution in [1.82, 2.24) is 4.98 Å². The van der Waals surface area contributed by atoms with Crippen molar-refractivity contribution < 1.29 is 22.6 Å². The van der Waals surface area contributed by atoms with Crippen molar-refractivity contribution in [2.24, 2.45) is 5.73 Å². The van der Waals surface area contributed by atoms with Crippen LogP contribution in [0.3, 0.4) is 0 Å². The molecule has 0 unspecified atom stereocenters. The van der Waals surface area contributed by atoms with E-state index in [-0.39, 0.29) is 19.8 Å². The van der Waals surface area contributed by atoms with E-state index < -0.39 is 12.8 Å². The lowest BCUT2D eigenvalue weighted by Gasteiger charge is -2.11. The molecular weight excluding hydrogens is 249 g/mol. The normalized spacial score (nSPS) is 11.6. The fourth-order valence-electron chi connectivity index (χ4n) is 1.27. The van der Waals surface area contributed by atoms with E-state index >= 15 is 0 Å². The standard InChI is InChI=1S/C11H15F3N2O2/c1-8-2-3-10(9(6-15)16-8)18-5-4-17-7-11(12,13)14/h2-3H,4-7,15H2,1H3. The van der Waals surface area contributed by atoms with Crippen LogP contribution in [0.4, 0.5) is 13.2 Å². The largest absolute Gasteiger partial charge is 0.489 e. The summed E-state index contributed by atoms with van der Waals surface area (Å²) in [6.45, 7) is 0.632. The van der Waals surface area contributed by atoms with E-state index in [1.807, 2.05) is 6.92 Å². The maximum absolute atomic E-state index is 11.8. The van der Waals surface area contributed by atoms with Crippen LogP contribution in [0.25, 0.3) is 0 Å². The van der Waals surface area contributed by atoms with Crippen molar-refractivity contribution in [1.29, 1.82) is 0 Å². The van der Waals surface area contributed by atoms with Gasteiger partial charge in [0, 0.05) is 12.2 Å². The first-order valence-corrected chi connectivity index (χ1v) is 5.36. The SMILES string of the molecule is Cc1ccc(OCCOCC(F)(F)F)c(CN)n1. The maximum Gasteiger partial charge on any atom is 0.411 e. The van der Waals surface area contributed by atoms with Crippen molar-refractivity contribution in [3.8, 4) is 5.75 Å². The second-order valence-electron chi connectivity index (χ2n) is 3.62. The summed E-state index contributed by atoms with van der Waals surface area (Å²) in [7, 11) is 0. The van der Waals surface area contributed by atoms with Crippen LogP contribution in [0.15, 0.2) is 12.1 Å². The first kappa shape index (κ1) is 14.7. The highest BCUT2D eigenvalue weighted by Crippen LogP contribution is 2.17. The zero-order valence-corrected chi connectivity index (χ0v) is 9.96. The number of aromatic nitrogens is 1. The Morgan fingerprint density at radius 2 is 2.00 bits per heavy atom. The molecule has 2 N–H and O–H groups in total. The third-order valence-corrected chi connectivity index (χ3v) is 2.02. The second kappa shape index (κ2) is 6.55. The topological polar surface area (TPSA) is 57.4 Å². The molecule has 0 saturated carbocycles. The molecule has 0 saturated heterocycles. The zero-order chi connectivity index (χ0) is 13.6. The number of pyridine rings is 1. The number of aryl methyl sites for hydroxylation is 1. The number of nitrogens with two attached hydrogens (primary N) is 1. The van der Waals surface area contributed by atoms with Crippen molar-refractivity contribution in [2.75, 3.05) is 19.8 Å². The summed E-state index contributed by atoms with van der Waals surface area (Å²) in [4.78, 5) is 4.16. The van der Waals surface area contributed by atoms with E-state index in [1.54, 1.807) is 12.1 Å². The first-order valence-electron chi connectivity index (χ1n) is 5.36. The summed E-state index contributed by atoms with van der Waals surface area (Å²) in [6.07, 6.45) is -4.31. The summed E-state index contributed by atoms with van der Waals surface area (Å²) in [5.74, 6) is 0.471. The van der Waals surface area contributed by atoms with Gasteiger partial charge in [0.05, 0.1) is 12.3 Å². The number of halogens is 3. The van der Waals surface area contributed by atoms with E-state index in [4.69, 9.17) is 10.5 Å². The molecule has 1 aromatic heterocycles. The van der Waals surface area contributed by atoms with Crippen molar-refractivity contribution >= 4 is 0 Å². The third kappa shape index (κ3) is 5.33. The van der Waals surface area contributed by atoms with Gasteiger partial charge in [0.2, 0.25) is 0 Å². The average Bonchev–Trinajstić information content (AvgIpc) is 2.28. The molecule has 4 nitrogen and oxygen atoms in total. The molecule has 18 heavy (non-hydrogen) atoms. The summed E-state index contributed by atoms with van der Waals surface area (Å²) >= 11 is 0. The molecule has 0 radical (unpaired) electrons. The van der Waals surface area contributed by atoms with Gasteiger partial charge < -0.3 is 15.2 Å². The number of nitrogens with zero attached hydrogens (tertiary/aromatic N) is 1. The Morgan fingerprint density at radius 3 is 2.61 bits per heavy atom. The van der Waals surface area contributed by atoms with Gasteiger partial charge in [-0.15, -0.1) is 0 Å². The minimum atomic E-state index is -4.31. The Labute approximate surface area is 103 Å². The molecule has 0 amide bonds. The molecule has 7 heteroatoms. The molecule has 0 atom stereocenters. The van der Waals surface area contributed by atoms with Crippen LogP contribution >= 0.6 is 0 Å². The number of rotatable bonds is 6. The monoisotopic (exact) mass is 264 g/mol. The van der Waals surface area contributed by atoms with Crippen LogP contribution in [0.5, 0.6) is 5.75 Å². The fourth-order valence-corrected chi connectivity index (χ4v) is 1.27. The van der Waals surface area contributed by atoms with Gasteiger partial charge in [-0.1, -0.05) is 0 Å². The lowest BCUT2D eigenvalue weighted by molar-refractivity contribution is -0.175. The van der Waals surface area contributed by atoms with Gasteiger partial charge in [-0.05, 0) is 19.1 Å². The van der Waals surface area contributed by atoms with Gasteiger partial charge in [-0.3, -0.25) is 4.98 Å². The number of alkyl halides is 3. The Kier molecular flexibility index (Phi) is 5.36. The summed E-state index contributed by atoms with van der Waals surface area (Å²) in [5, 5.41) is 0. The van der Waals surface area contributed by atoms with Crippen LogP contribution in [-0.2, 0) is 11.3 Å². The zero-order valence-electron chi connectivity index (χ0n) is 9.96. The molecule has 102 valence electrons. The highest BCUT2D eigenvalue weighted by Gasteiger charge is 2.27. The predicted molar refractivity (Wildman–Crippen MR) is 59.2 cm³/mol. The minimum Gasteiger partial charge on any atom is -0.489 e. The molecule has 1 rings (SSSR count). The minimum absolute atomic E-state index is 0.0216. The molecule has 0 aliphatic carbocycles. The quantitative estimate of drug-likeness (QED) is 0.796. The fraction of sp³-hybridized carbons (Fsp3) is 0.545.